The molecule has 0 radical (unpaired) electrons. The van der Waals surface area contributed by atoms with Crippen molar-refractivity contribution in [2.75, 3.05) is 13.2 Å². The van der Waals surface area contributed by atoms with E-state index in [9.17, 15) is 24.3 Å². The van der Waals surface area contributed by atoms with Gasteiger partial charge in [0.1, 0.15) is 18.4 Å². The number of para-hydroxylation sites is 1. The lowest BCUT2D eigenvalue weighted by Gasteiger charge is -2.30. The largest absolute Gasteiger partial charge is 0.484 e. The maximum Gasteiger partial charge on any atom is 0.372 e. The van der Waals surface area contributed by atoms with Gasteiger partial charge >= 0.3 is 17.7 Å². The average Bonchev–Trinajstić information content (AvgIpc) is 3.18. The third-order valence-corrected chi connectivity index (χ3v) is 3.93. The normalized spacial score (nSPS) is 25.1. The highest BCUT2D eigenvalue weighted by Gasteiger charge is 2.59. The Morgan fingerprint density at radius 1 is 1.31 bits per heavy atom. The molecule has 2 atom stereocenters. The second kappa shape index (κ2) is 7.00. The maximum absolute atomic E-state index is 12.4. The van der Waals surface area contributed by atoms with Crippen LogP contribution in [0.1, 0.15) is 12.8 Å². The first-order valence-electron chi connectivity index (χ1n) is 7.82. The van der Waals surface area contributed by atoms with Crippen molar-refractivity contribution in [3.8, 4) is 5.75 Å². The molecule has 1 aromatic rings. The number of carbonyl (C=O) groups excluding carboxylic acids is 3. The first-order chi connectivity index (χ1) is 12.4. The van der Waals surface area contributed by atoms with Crippen molar-refractivity contribution in [1.29, 1.82) is 0 Å². The molecule has 0 aliphatic carbocycles. The molecule has 3 rings (SSSR count). The zero-order chi connectivity index (χ0) is 18.7. The Labute approximate surface area is 147 Å². The number of amides is 2. The lowest BCUT2D eigenvalue weighted by molar-refractivity contribution is -0.256. The van der Waals surface area contributed by atoms with Crippen LogP contribution in [-0.2, 0) is 28.8 Å². The molecule has 0 saturated carbocycles. The first kappa shape index (κ1) is 17.7. The van der Waals surface area contributed by atoms with Gasteiger partial charge in [-0.2, -0.15) is 5.06 Å². The summed E-state index contributed by atoms with van der Waals surface area (Å²) in [6, 6.07) is 7.52. The summed E-state index contributed by atoms with van der Waals surface area (Å²) in [5.41, 5.74) is -2.20. The summed E-state index contributed by atoms with van der Waals surface area (Å²) in [5.74, 6) is -3.16. The van der Waals surface area contributed by atoms with Gasteiger partial charge in [0, 0.05) is 6.42 Å². The van der Waals surface area contributed by atoms with Gasteiger partial charge in [-0.1, -0.05) is 18.2 Å². The highest BCUT2D eigenvalue weighted by molar-refractivity contribution is 5.94. The third kappa shape index (κ3) is 3.31. The van der Waals surface area contributed by atoms with Crippen molar-refractivity contribution in [2.45, 2.75) is 24.6 Å². The number of aliphatic carboxylic acids is 1. The molecule has 0 bridgehead atoms. The predicted molar refractivity (Wildman–Crippen MR) is 82.4 cm³/mol. The second-order valence-electron chi connectivity index (χ2n) is 5.71. The van der Waals surface area contributed by atoms with Gasteiger partial charge in [-0.3, -0.25) is 19.2 Å². The summed E-state index contributed by atoms with van der Waals surface area (Å²) in [5, 5.41) is 12.3. The van der Waals surface area contributed by atoms with Crippen LogP contribution in [0.4, 0.5) is 0 Å². The van der Waals surface area contributed by atoms with Crippen LogP contribution in [0.25, 0.3) is 0 Å². The smallest absolute Gasteiger partial charge is 0.372 e. The van der Waals surface area contributed by atoms with Crippen LogP contribution < -0.4 is 10.1 Å². The Balaban J connectivity index is 1.59. The summed E-state index contributed by atoms with van der Waals surface area (Å²) in [6.07, 6.45) is -0.383. The summed E-state index contributed by atoms with van der Waals surface area (Å²) in [7, 11) is 0. The van der Waals surface area contributed by atoms with E-state index in [0.717, 1.165) is 0 Å². The van der Waals surface area contributed by atoms with Crippen molar-refractivity contribution >= 4 is 23.8 Å². The zero-order valence-corrected chi connectivity index (χ0v) is 13.5. The van der Waals surface area contributed by atoms with Crippen LogP contribution in [0.5, 0.6) is 5.75 Å². The van der Waals surface area contributed by atoms with E-state index in [-0.39, 0.29) is 26.1 Å². The fourth-order valence-electron chi connectivity index (χ4n) is 2.66. The predicted octanol–water partition coefficient (Wildman–Crippen LogP) is -0.558. The molecular formula is C16H16N2O8. The van der Waals surface area contributed by atoms with Crippen molar-refractivity contribution in [3.63, 3.8) is 0 Å². The van der Waals surface area contributed by atoms with E-state index in [0.29, 0.717) is 10.8 Å². The molecule has 1 unspecified atom stereocenters. The van der Waals surface area contributed by atoms with Crippen LogP contribution in [0.3, 0.4) is 0 Å². The summed E-state index contributed by atoms with van der Waals surface area (Å²) in [6.45, 7) is -0.602. The van der Waals surface area contributed by atoms with Gasteiger partial charge in [0.15, 0.2) is 6.61 Å². The Kier molecular flexibility index (Phi) is 4.76. The van der Waals surface area contributed by atoms with E-state index in [4.69, 9.17) is 14.3 Å². The van der Waals surface area contributed by atoms with Crippen molar-refractivity contribution in [1.82, 2.24) is 10.4 Å². The molecule has 2 N–H and O–H groups in total. The van der Waals surface area contributed by atoms with Crippen molar-refractivity contribution < 1.29 is 38.6 Å². The van der Waals surface area contributed by atoms with Gasteiger partial charge in [0.05, 0.1) is 6.42 Å². The number of cyclic esters (lactones) is 1. The number of hydrogen-bond acceptors (Lipinski definition) is 7. The molecule has 1 aromatic carbocycles. The van der Waals surface area contributed by atoms with Crippen LogP contribution in [0.2, 0.25) is 0 Å². The SMILES string of the molecule is O=C(COc1ccccc1)N[C@H]1CON(C2(C(=O)O)CCC(=O)O2)C1=O. The molecule has 26 heavy (non-hydrogen) atoms. The maximum atomic E-state index is 12.4. The topological polar surface area (TPSA) is 131 Å². The lowest BCUT2D eigenvalue weighted by atomic mass is 10.1. The number of hydrogen-bond donors (Lipinski definition) is 2. The highest BCUT2D eigenvalue weighted by Crippen LogP contribution is 2.33. The Morgan fingerprint density at radius 3 is 2.65 bits per heavy atom. The Bertz CT molecular complexity index is 737. The number of benzene rings is 1. The van der Waals surface area contributed by atoms with Gasteiger partial charge in [0.2, 0.25) is 0 Å². The molecule has 2 aliphatic heterocycles. The van der Waals surface area contributed by atoms with Gasteiger partial charge in [-0.15, -0.1) is 0 Å². The average molecular weight is 364 g/mol. The lowest BCUT2D eigenvalue weighted by Crippen LogP contribution is -2.56. The molecule has 10 heteroatoms. The van der Waals surface area contributed by atoms with E-state index in [1.807, 2.05) is 0 Å². The van der Waals surface area contributed by atoms with E-state index in [2.05, 4.69) is 5.32 Å². The van der Waals surface area contributed by atoms with Gasteiger partial charge in [-0.05, 0) is 12.1 Å². The number of ether oxygens (including phenoxy) is 2. The van der Waals surface area contributed by atoms with Crippen molar-refractivity contribution in [3.05, 3.63) is 30.3 Å². The fraction of sp³-hybridized carbons (Fsp3) is 0.375. The van der Waals surface area contributed by atoms with Crippen LogP contribution in [0, 0.1) is 0 Å². The number of hydroxylamine groups is 2. The molecular weight excluding hydrogens is 348 g/mol. The molecule has 10 nitrogen and oxygen atoms in total. The number of nitrogens with one attached hydrogen (secondary N) is 1. The molecule has 2 fully saturated rings. The summed E-state index contributed by atoms with van der Waals surface area (Å²) < 4.78 is 10.1. The number of carbonyl (C=O) groups is 4. The minimum absolute atomic E-state index is 0.151. The second-order valence-corrected chi connectivity index (χ2v) is 5.71. The van der Waals surface area contributed by atoms with Crippen molar-refractivity contribution in [2.24, 2.45) is 0 Å². The molecule has 2 amide bonds. The van der Waals surface area contributed by atoms with Crippen LogP contribution in [-0.4, -0.2) is 58.9 Å². The van der Waals surface area contributed by atoms with Crippen LogP contribution in [0.15, 0.2) is 30.3 Å². The number of nitrogens with zero attached hydrogens (tertiary/aromatic N) is 1. The first-order valence-corrected chi connectivity index (χ1v) is 7.82. The monoisotopic (exact) mass is 364 g/mol. The van der Waals surface area contributed by atoms with E-state index < -0.39 is 35.5 Å². The molecule has 0 spiro atoms. The Morgan fingerprint density at radius 2 is 2.04 bits per heavy atom. The highest BCUT2D eigenvalue weighted by atomic mass is 16.7. The number of rotatable bonds is 6. The molecule has 0 aromatic heterocycles. The summed E-state index contributed by atoms with van der Waals surface area (Å²) >= 11 is 0. The Hall–Kier alpha value is -3.14. The van der Waals surface area contributed by atoms with Gasteiger partial charge in [0.25, 0.3) is 11.8 Å². The summed E-state index contributed by atoms with van der Waals surface area (Å²) in [4.78, 5) is 52.3. The van der Waals surface area contributed by atoms with E-state index >= 15 is 0 Å². The van der Waals surface area contributed by atoms with Gasteiger partial charge in [-0.25, -0.2) is 4.79 Å². The van der Waals surface area contributed by atoms with E-state index in [1.165, 1.54) is 0 Å². The minimum Gasteiger partial charge on any atom is -0.484 e. The quantitative estimate of drug-likeness (QED) is 0.642. The zero-order valence-electron chi connectivity index (χ0n) is 13.5. The fourth-order valence-corrected chi connectivity index (χ4v) is 2.66. The third-order valence-electron chi connectivity index (χ3n) is 3.93. The number of carboxylic acid groups (broad SMARTS) is 1. The minimum atomic E-state index is -2.20. The van der Waals surface area contributed by atoms with Gasteiger partial charge < -0.3 is 19.9 Å². The number of carboxylic acids is 1. The molecule has 2 saturated heterocycles. The standard InChI is InChI=1S/C16H16N2O8/c19-12(9-24-10-4-2-1-3-5-10)17-11-8-25-18(14(11)21)16(15(22)23)7-6-13(20)26-16/h1-5,11H,6-9H2,(H,17,19)(H,22,23)/t11-,16?/m0/s1. The molecule has 2 heterocycles. The molecule has 2 aliphatic rings. The molecule has 138 valence electrons. The van der Waals surface area contributed by atoms with Crippen LogP contribution >= 0.6 is 0 Å². The van der Waals surface area contributed by atoms with E-state index in [1.54, 1.807) is 30.3 Å². The number of esters is 1.